The van der Waals surface area contributed by atoms with Crippen LogP contribution < -0.4 is 11.1 Å². The lowest BCUT2D eigenvalue weighted by atomic mass is 10.1. The topological polar surface area (TPSA) is 97.5 Å². The zero-order valence-corrected chi connectivity index (χ0v) is 15.8. The first-order chi connectivity index (χ1) is 13.7. The van der Waals surface area contributed by atoms with E-state index in [4.69, 9.17) is 15.2 Å². The number of likely N-dealkylation sites (tertiary alicyclic amines) is 1. The molecule has 0 bridgehead atoms. The van der Waals surface area contributed by atoms with Gasteiger partial charge < -0.3 is 20.4 Å². The number of nitrogens with zero attached hydrogens (tertiary/aromatic N) is 5. The molecule has 28 heavy (non-hydrogen) atoms. The highest BCUT2D eigenvalue weighted by molar-refractivity contribution is 5.80. The summed E-state index contributed by atoms with van der Waals surface area (Å²) in [6, 6.07) is 10.5. The minimum atomic E-state index is 0.174. The summed E-state index contributed by atoms with van der Waals surface area (Å²) in [4.78, 5) is 11.1. The lowest BCUT2D eigenvalue weighted by Gasteiger charge is -2.29. The predicted octanol–water partition coefficient (Wildman–Crippen LogP) is 2.30. The van der Waals surface area contributed by atoms with E-state index in [1.54, 1.807) is 0 Å². The maximum absolute atomic E-state index is 5.65. The minimum absolute atomic E-state index is 0.174. The van der Waals surface area contributed by atoms with Gasteiger partial charge in [0.15, 0.2) is 11.2 Å². The van der Waals surface area contributed by atoms with Gasteiger partial charge in [-0.3, -0.25) is 0 Å². The third-order valence-corrected chi connectivity index (χ3v) is 5.42. The van der Waals surface area contributed by atoms with E-state index in [9.17, 15) is 0 Å². The van der Waals surface area contributed by atoms with Crippen LogP contribution in [0.2, 0.25) is 0 Å². The maximum atomic E-state index is 5.65. The fourth-order valence-electron chi connectivity index (χ4n) is 3.76. The molecule has 1 fully saturated rings. The molecule has 4 aromatic rings. The van der Waals surface area contributed by atoms with Gasteiger partial charge in [0.1, 0.15) is 5.52 Å². The molecule has 5 rings (SSSR count). The van der Waals surface area contributed by atoms with Crippen LogP contribution in [0.4, 0.5) is 6.01 Å². The molecular formula is C20H23N7O. The second-order valence-electron chi connectivity index (χ2n) is 7.43. The number of hydrogen-bond donors (Lipinski definition) is 2. The summed E-state index contributed by atoms with van der Waals surface area (Å²) >= 11 is 0. The van der Waals surface area contributed by atoms with Crippen LogP contribution in [-0.2, 0) is 6.54 Å². The summed E-state index contributed by atoms with van der Waals surface area (Å²) in [5.74, 6) is 0. The van der Waals surface area contributed by atoms with E-state index in [1.807, 2.05) is 41.0 Å². The van der Waals surface area contributed by atoms with Crippen LogP contribution >= 0.6 is 0 Å². The molecule has 0 amide bonds. The number of anilines is 1. The summed E-state index contributed by atoms with van der Waals surface area (Å²) in [6.07, 6.45) is 4.25. The molecule has 3 N–H and O–H groups in total. The van der Waals surface area contributed by atoms with E-state index in [-0.39, 0.29) is 6.01 Å². The summed E-state index contributed by atoms with van der Waals surface area (Å²) in [5.41, 5.74) is 10.8. The van der Waals surface area contributed by atoms with E-state index in [2.05, 4.69) is 27.2 Å². The largest absolute Gasteiger partial charge is 0.424 e. The molecule has 0 unspecified atom stereocenters. The Kier molecular flexibility index (Phi) is 4.22. The molecule has 1 aliphatic rings. The highest BCUT2D eigenvalue weighted by atomic mass is 16.4. The van der Waals surface area contributed by atoms with Gasteiger partial charge in [-0.25, -0.2) is 9.50 Å². The van der Waals surface area contributed by atoms with Crippen LogP contribution in [0.1, 0.15) is 18.5 Å². The lowest BCUT2D eigenvalue weighted by Crippen LogP contribution is -2.40. The monoisotopic (exact) mass is 377 g/mol. The number of oxazole rings is 1. The zero-order valence-electron chi connectivity index (χ0n) is 15.8. The van der Waals surface area contributed by atoms with Crippen molar-refractivity contribution in [1.82, 2.24) is 29.8 Å². The molecule has 1 aromatic carbocycles. The summed E-state index contributed by atoms with van der Waals surface area (Å²) < 4.78 is 7.27. The number of imidazole rings is 1. The molecular weight excluding hydrogens is 354 g/mol. The van der Waals surface area contributed by atoms with E-state index < -0.39 is 0 Å². The molecule has 1 saturated heterocycles. The van der Waals surface area contributed by atoms with Gasteiger partial charge >= 0.3 is 0 Å². The number of aromatic nitrogens is 4. The highest BCUT2D eigenvalue weighted by Crippen LogP contribution is 2.24. The van der Waals surface area contributed by atoms with Crippen molar-refractivity contribution in [3.63, 3.8) is 0 Å². The molecule has 0 saturated carbocycles. The third-order valence-electron chi connectivity index (χ3n) is 5.42. The van der Waals surface area contributed by atoms with Crippen LogP contribution in [0.5, 0.6) is 0 Å². The first-order valence-electron chi connectivity index (χ1n) is 9.58. The predicted molar refractivity (Wildman–Crippen MR) is 108 cm³/mol. The van der Waals surface area contributed by atoms with Crippen molar-refractivity contribution in [3.05, 3.63) is 42.2 Å². The molecule has 3 aromatic heterocycles. The number of fused-ring (bicyclic) bond motifs is 2. The first-order valence-corrected chi connectivity index (χ1v) is 9.58. The number of nitrogens with one attached hydrogen (secondary N) is 1. The Labute approximate surface area is 162 Å². The average molecular weight is 377 g/mol. The van der Waals surface area contributed by atoms with Crippen LogP contribution in [-0.4, -0.2) is 50.7 Å². The van der Waals surface area contributed by atoms with Gasteiger partial charge in [-0.15, -0.1) is 0 Å². The number of benzene rings is 1. The van der Waals surface area contributed by atoms with Crippen molar-refractivity contribution in [3.8, 4) is 11.3 Å². The van der Waals surface area contributed by atoms with Crippen molar-refractivity contribution in [2.24, 2.45) is 0 Å². The van der Waals surface area contributed by atoms with Crippen LogP contribution in [0.15, 0.2) is 40.9 Å². The molecule has 8 heteroatoms. The molecule has 0 radical (unpaired) electrons. The Hall–Kier alpha value is -2.97. The van der Waals surface area contributed by atoms with Gasteiger partial charge in [-0.1, -0.05) is 0 Å². The SMILES string of the molecule is CN1CCC(NCc2cnc3ccc(-c4ccc5oc(N)nc5c4)nn23)CC1. The van der Waals surface area contributed by atoms with E-state index in [1.165, 1.54) is 12.8 Å². The summed E-state index contributed by atoms with van der Waals surface area (Å²) in [5, 5.41) is 8.47. The lowest BCUT2D eigenvalue weighted by molar-refractivity contribution is 0.233. The molecule has 4 heterocycles. The van der Waals surface area contributed by atoms with E-state index in [0.717, 1.165) is 47.7 Å². The number of rotatable bonds is 4. The van der Waals surface area contributed by atoms with Gasteiger partial charge in [0, 0.05) is 18.2 Å². The van der Waals surface area contributed by atoms with Gasteiger partial charge in [0.05, 0.1) is 17.6 Å². The number of hydrogen-bond acceptors (Lipinski definition) is 7. The van der Waals surface area contributed by atoms with Crippen molar-refractivity contribution < 1.29 is 4.42 Å². The average Bonchev–Trinajstić information content (AvgIpc) is 3.28. The van der Waals surface area contributed by atoms with Crippen molar-refractivity contribution in [1.29, 1.82) is 0 Å². The van der Waals surface area contributed by atoms with Crippen LogP contribution in [0, 0.1) is 0 Å². The Morgan fingerprint density at radius 1 is 1.21 bits per heavy atom. The summed E-state index contributed by atoms with van der Waals surface area (Å²) in [6.45, 7) is 3.04. The summed E-state index contributed by atoms with van der Waals surface area (Å²) in [7, 11) is 2.18. The van der Waals surface area contributed by atoms with Crippen molar-refractivity contribution in [2.75, 3.05) is 25.9 Å². The zero-order chi connectivity index (χ0) is 19.1. The number of nitrogen functional groups attached to an aromatic ring is 1. The van der Waals surface area contributed by atoms with Crippen molar-refractivity contribution in [2.45, 2.75) is 25.4 Å². The molecule has 0 aliphatic carbocycles. The third kappa shape index (κ3) is 3.21. The molecule has 144 valence electrons. The van der Waals surface area contributed by atoms with Gasteiger partial charge in [-0.05, 0) is 63.3 Å². The number of piperidine rings is 1. The minimum Gasteiger partial charge on any atom is -0.424 e. The Morgan fingerprint density at radius 2 is 2.07 bits per heavy atom. The van der Waals surface area contributed by atoms with Crippen molar-refractivity contribution >= 4 is 22.8 Å². The quantitative estimate of drug-likeness (QED) is 0.563. The standard InChI is InChI=1S/C20H23N7O/c1-26-8-6-14(7-9-26)22-11-15-12-23-19-5-3-16(25-27(15)19)13-2-4-18-17(10-13)24-20(21)28-18/h2-5,10,12,14,22H,6-9,11H2,1H3,(H2,21,24). The van der Waals surface area contributed by atoms with Gasteiger partial charge in [-0.2, -0.15) is 10.1 Å². The maximum Gasteiger partial charge on any atom is 0.292 e. The Morgan fingerprint density at radius 3 is 2.93 bits per heavy atom. The Balaban J connectivity index is 1.40. The smallest absolute Gasteiger partial charge is 0.292 e. The molecule has 8 nitrogen and oxygen atoms in total. The first kappa shape index (κ1) is 17.2. The van der Waals surface area contributed by atoms with E-state index >= 15 is 0 Å². The van der Waals surface area contributed by atoms with Crippen LogP contribution in [0.3, 0.4) is 0 Å². The molecule has 0 spiro atoms. The Bertz CT molecular complexity index is 1120. The van der Waals surface area contributed by atoms with Gasteiger partial charge in [0.25, 0.3) is 6.01 Å². The number of nitrogens with two attached hydrogens (primary N) is 1. The molecule has 1 aliphatic heterocycles. The fraction of sp³-hybridized carbons (Fsp3) is 0.350. The van der Waals surface area contributed by atoms with E-state index in [0.29, 0.717) is 11.6 Å². The van der Waals surface area contributed by atoms with Crippen LogP contribution in [0.25, 0.3) is 28.0 Å². The van der Waals surface area contributed by atoms with Gasteiger partial charge in [0.2, 0.25) is 0 Å². The molecule has 0 atom stereocenters. The normalized spacial score (nSPS) is 16.3. The highest BCUT2D eigenvalue weighted by Gasteiger charge is 2.17. The second-order valence-corrected chi connectivity index (χ2v) is 7.43. The fourth-order valence-corrected chi connectivity index (χ4v) is 3.76. The second kappa shape index (κ2) is 6.88.